The van der Waals surface area contributed by atoms with Crippen LogP contribution in [-0.4, -0.2) is 36.1 Å². The molecule has 0 aliphatic rings. The normalized spacial score (nSPS) is 10.9. The van der Waals surface area contributed by atoms with Gasteiger partial charge in [0.15, 0.2) is 0 Å². The largest absolute Gasteiger partial charge is 0.348 e. The highest BCUT2D eigenvalue weighted by Gasteiger charge is 2.14. The SMILES string of the molecule is O=C(NCc1cn(-c2ccccc2)nc1-c1ccncc1)c1ccc2n[nH]nc2c1. The lowest BCUT2D eigenvalue weighted by atomic mass is 10.1. The molecule has 5 aromatic rings. The Kier molecular flexibility index (Phi) is 4.49. The van der Waals surface area contributed by atoms with Crippen molar-refractivity contribution in [1.82, 2.24) is 35.5 Å². The van der Waals surface area contributed by atoms with Crippen LogP contribution in [0.15, 0.2) is 79.3 Å². The molecule has 0 fully saturated rings. The van der Waals surface area contributed by atoms with Crippen molar-refractivity contribution in [1.29, 1.82) is 0 Å². The summed E-state index contributed by atoms with van der Waals surface area (Å²) in [6, 6.07) is 18.9. The topological polar surface area (TPSA) is 101 Å². The summed E-state index contributed by atoms with van der Waals surface area (Å²) >= 11 is 0. The molecule has 5 rings (SSSR count). The van der Waals surface area contributed by atoms with E-state index in [0.29, 0.717) is 17.6 Å². The van der Waals surface area contributed by atoms with E-state index >= 15 is 0 Å². The number of fused-ring (bicyclic) bond motifs is 1. The molecule has 0 bridgehead atoms. The number of para-hydroxylation sites is 1. The maximum absolute atomic E-state index is 12.7. The van der Waals surface area contributed by atoms with Crippen LogP contribution >= 0.6 is 0 Å². The molecule has 8 nitrogen and oxygen atoms in total. The third-order valence-electron chi connectivity index (χ3n) is 4.78. The van der Waals surface area contributed by atoms with Crippen LogP contribution in [-0.2, 0) is 6.54 Å². The van der Waals surface area contributed by atoms with Crippen LogP contribution in [0.5, 0.6) is 0 Å². The second-order valence-corrected chi connectivity index (χ2v) is 6.73. The van der Waals surface area contributed by atoms with E-state index in [0.717, 1.165) is 28.0 Å². The first-order chi connectivity index (χ1) is 14.8. The lowest BCUT2D eigenvalue weighted by molar-refractivity contribution is 0.0951. The van der Waals surface area contributed by atoms with E-state index in [1.165, 1.54) is 0 Å². The van der Waals surface area contributed by atoms with E-state index in [1.54, 1.807) is 30.6 Å². The minimum atomic E-state index is -0.187. The molecule has 0 radical (unpaired) electrons. The number of benzene rings is 2. The Morgan fingerprint density at radius 1 is 0.967 bits per heavy atom. The van der Waals surface area contributed by atoms with E-state index in [-0.39, 0.29) is 5.91 Å². The number of amides is 1. The fraction of sp³-hybridized carbons (Fsp3) is 0.0455. The van der Waals surface area contributed by atoms with Gasteiger partial charge in [-0.1, -0.05) is 18.2 Å². The molecule has 0 unspecified atom stereocenters. The summed E-state index contributed by atoms with van der Waals surface area (Å²) in [5, 5.41) is 18.3. The van der Waals surface area contributed by atoms with Gasteiger partial charge >= 0.3 is 0 Å². The predicted octanol–water partition coefficient (Wildman–Crippen LogP) is 3.14. The first-order valence-corrected chi connectivity index (χ1v) is 9.41. The molecule has 0 saturated carbocycles. The fourth-order valence-electron chi connectivity index (χ4n) is 3.26. The molecule has 0 aliphatic carbocycles. The molecule has 0 spiro atoms. The zero-order valence-corrected chi connectivity index (χ0v) is 15.9. The number of nitrogens with one attached hydrogen (secondary N) is 2. The number of hydrogen-bond donors (Lipinski definition) is 2. The van der Waals surface area contributed by atoms with Crippen LogP contribution in [0, 0.1) is 0 Å². The third kappa shape index (κ3) is 3.42. The van der Waals surface area contributed by atoms with E-state index in [2.05, 4.69) is 25.7 Å². The van der Waals surface area contributed by atoms with Crippen LogP contribution < -0.4 is 5.32 Å². The van der Waals surface area contributed by atoms with Crippen molar-refractivity contribution in [2.45, 2.75) is 6.54 Å². The summed E-state index contributed by atoms with van der Waals surface area (Å²) in [5.74, 6) is -0.187. The third-order valence-corrected chi connectivity index (χ3v) is 4.78. The summed E-state index contributed by atoms with van der Waals surface area (Å²) in [5.41, 5.74) is 5.48. The zero-order valence-electron chi connectivity index (χ0n) is 15.9. The highest BCUT2D eigenvalue weighted by Crippen LogP contribution is 2.23. The van der Waals surface area contributed by atoms with Crippen LogP contribution in [0.25, 0.3) is 28.0 Å². The molecule has 2 N–H and O–H groups in total. The second kappa shape index (κ2) is 7.59. The molecular weight excluding hydrogens is 378 g/mol. The highest BCUT2D eigenvalue weighted by atomic mass is 16.1. The van der Waals surface area contributed by atoms with Gasteiger partial charge in [-0.25, -0.2) is 4.68 Å². The standard InChI is InChI=1S/C22H17N7O/c30-22(16-6-7-19-20(12-16)26-28-25-19)24-13-17-14-29(18-4-2-1-3-5-18)27-21(17)15-8-10-23-11-9-15/h1-12,14H,13H2,(H,24,30)(H,25,26,28). The van der Waals surface area contributed by atoms with Gasteiger partial charge in [0, 0.05) is 41.8 Å². The minimum Gasteiger partial charge on any atom is -0.348 e. The molecule has 146 valence electrons. The molecule has 0 atom stereocenters. The maximum Gasteiger partial charge on any atom is 0.251 e. The Hall–Kier alpha value is -4.33. The number of carbonyl (C=O) groups excluding carboxylic acids is 1. The van der Waals surface area contributed by atoms with Crippen LogP contribution in [0.1, 0.15) is 15.9 Å². The Morgan fingerprint density at radius 2 is 1.77 bits per heavy atom. The minimum absolute atomic E-state index is 0.187. The van der Waals surface area contributed by atoms with Gasteiger partial charge in [-0.05, 0) is 42.5 Å². The van der Waals surface area contributed by atoms with E-state index in [9.17, 15) is 4.79 Å². The molecule has 2 aromatic carbocycles. The molecule has 0 aliphatic heterocycles. The summed E-state index contributed by atoms with van der Waals surface area (Å²) in [7, 11) is 0. The van der Waals surface area contributed by atoms with Gasteiger partial charge in [-0.15, -0.1) is 0 Å². The smallest absolute Gasteiger partial charge is 0.251 e. The highest BCUT2D eigenvalue weighted by molar-refractivity contribution is 5.97. The number of aromatic amines is 1. The van der Waals surface area contributed by atoms with E-state index < -0.39 is 0 Å². The number of nitrogens with zero attached hydrogens (tertiary/aromatic N) is 5. The maximum atomic E-state index is 12.7. The second-order valence-electron chi connectivity index (χ2n) is 6.73. The van der Waals surface area contributed by atoms with Crippen molar-refractivity contribution in [3.05, 3.63) is 90.4 Å². The predicted molar refractivity (Wildman–Crippen MR) is 112 cm³/mol. The van der Waals surface area contributed by atoms with Gasteiger partial charge in [0.1, 0.15) is 11.0 Å². The first-order valence-electron chi connectivity index (χ1n) is 9.41. The van der Waals surface area contributed by atoms with Gasteiger partial charge in [0.05, 0.1) is 11.4 Å². The van der Waals surface area contributed by atoms with Crippen molar-refractivity contribution >= 4 is 16.9 Å². The zero-order chi connectivity index (χ0) is 20.3. The molecule has 30 heavy (non-hydrogen) atoms. The van der Waals surface area contributed by atoms with Crippen LogP contribution in [0.3, 0.4) is 0 Å². The number of H-pyrrole nitrogens is 1. The molecule has 3 heterocycles. The Bertz CT molecular complexity index is 1310. The van der Waals surface area contributed by atoms with E-state index in [4.69, 9.17) is 5.10 Å². The molecule has 0 saturated heterocycles. The summed E-state index contributed by atoms with van der Waals surface area (Å²) < 4.78 is 1.82. The number of carbonyl (C=O) groups is 1. The van der Waals surface area contributed by atoms with Crippen molar-refractivity contribution in [3.63, 3.8) is 0 Å². The number of hydrogen-bond acceptors (Lipinski definition) is 5. The first kappa shape index (κ1) is 17.7. The monoisotopic (exact) mass is 395 g/mol. The van der Waals surface area contributed by atoms with Gasteiger partial charge in [0.2, 0.25) is 0 Å². The summed E-state index contributed by atoms with van der Waals surface area (Å²) in [4.78, 5) is 16.8. The lowest BCUT2D eigenvalue weighted by Gasteiger charge is -2.06. The Morgan fingerprint density at radius 3 is 2.60 bits per heavy atom. The molecule has 1 amide bonds. The average Bonchev–Trinajstić information content (AvgIpc) is 3.45. The van der Waals surface area contributed by atoms with Crippen molar-refractivity contribution in [3.8, 4) is 16.9 Å². The summed E-state index contributed by atoms with van der Waals surface area (Å²) in [6.07, 6.45) is 5.39. The fourth-order valence-corrected chi connectivity index (χ4v) is 3.26. The van der Waals surface area contributed by atoms with Crippen molar-refractivity contribution in [2.24, 2.45) is 0 Å². The quantitative estimate of drug-likeness (QED) is 0.476. The lowest BCUT2D eigenvalue weighted by Crippen LogP contribution is -2.22. The van der Waals surface area contributed by atoms with Gasteiger partial charge in [0.25, 0.3) is 5.91 Å². The van der Waals surface area contributed by atoms with Gasteiger partial charge in [-0.2, -0.15) is 20.5 Å². The summed E-state index contributed by atoms with van der Waals surface area (Å²) in [6.45, 7) is 0.334. The van der Waals surface area contributed by atoms with Gasteiger partial charge < -0.3 is 5.32 Å². The van der Waals surface area contributed by atoms with Crippen molar-refractivity contribution < 1.29 is 4.79 Å². The molecule has 8 heteroatoms. The Labute approximate surface area is 171 Å². The van der Waals surface area contributed by atoms with Gasteiger partial charge in [-0.3, -0.25) is 9.78 Å². The van der Waals surface area contributed by atoms with Crippen LogP contribution in [0.4, 0.5) is 0 Å². The molecular formula is C22H17N7O. The number of aromatic nitrogens is 6. The van der Waals surface area contributed by atoms with Crippen molar-refractivity contribution in [2.75, 3.05) is 0 Å². The Balaban J connectivity index is 1.44. The van der Waals surface area contributed by atoms with Crippen LogP contribution in [0.2, 0.25) is 0 Å². The number of rotatable bonds is 5. The number of pyridine rings is 1. The van der Waals surface area contributed by atoms with E-state index in [1.807, 2.05) is 53.3 Å². The average molecular weight is 395 g/mol. The molecule has 3 aromatic heterocycles.